The minimum atomic E-state index is -0.876. The number of ether oxygens (including phenoxy) is 1. The highest BCUT2D eigenvalue weighted by Crippen LogP contribution is 2.74. The van der Waals surface area contributed by atoms with Crippen molar-refractivity contribution in [1.29, 1.82) is 0 Å². The second-order valence-corrected chi connectivity index (χ2v) is 10.1. The van der Waals surface area contributed by atoms with Gasteiger partial charge in [0, 0.05) is 17.3 Å². The molecule has 2 nitrogen and oxygen atoms in total. The molecule has 0 aromatic carbocycles. The number of allylic oxidation sites excluding steroid dienone is 2. The SMILES string of the molecule is CC12C=CC3(CCC4C5(CCC(O)(OC5)C4(C)C)C3CC1)C2. The van der Waals surface area contributed by atoms with E-state index in [0.717, 1.165) is 18.9 Å². The Bertz CT molecular complexity index is 554. The van der Waals surface area contributed by atoms with E-state index in [-0.39, 0.29) is 5.41 Å². The molecular formula is C20H30O2. The topological polar surface area (TPSA) is 29.5 Å². The van der Waals surface area contributed by atoms with Crippen LogP contribution < -0.4 is 0 Å². The Hall–Kier alpha value is -0.340. The highest BCUT2D eigenvalue weighted by molar-refractivity contribution is 5.27. The summed E-state index contributed by atoms with van der Waals surface area (Å²) in [5.41, 5.74) is 1.12. The monoisotopic (exact) mass is 302 g/mol. The van der Waals surface area contributed by atoms with Crippen LogP contribution in [0.5, 0.6) is 0 Å². The van der Waals surface area contributed by atoms with Crippen molar-refractivity contribution in [3.63, 3.8) is 0 Å². The fourth-order valence-electron chi connectivity index (χ4n) is 7.77. The van der Waals surface area contributed by atoms with Gasteiger partial charge >= 0.3 is 0 Å². The van der Waals surface area contributed by atoms with Gasteiger partial charge in [0.1, 0.15) is 0 Å². The number of rotatable bonds is 0. The number of hydrogen-bond donors (Lipinski definition) is 1. The predicted molar refractivity (Wildman–Crippen MR) is 86.1 cm³/mol. The molecule has 6 unspecified atom stereocenters. The highest BCUT2D eigenvalue weighted by atomic mass is 16.6. The third-order valence-electron chi connectivity index (χ3n) is 8.92. The van der Waals surface area contributed by atoms with Crippen LogP contribution >= 0.6 is 0 Å². The Labute approximate surface area is 134 Å². The van der Waals surface area contributed by atoms with Crippen molar-refractivity contribution in [1.82, 2.24) is 0 Å². The minimum Gasteiger partial charge on any atom is -0.365 e. The van der Waals surface area contributed by atoms with Crippen LogP contribution in [0.15, 0.2) is 12.2 Å². The largest absolute Gasteiger partial charge is 0.365 e. The fraction of sp³-hybridized carbons (Fsp3) is 0.900. The smallest absolute Gasteiger partial charge is 0.170 e. The van der Waals surface area contributed by atoms with E-state index < -0.39 is 5.79 Å². The summed E-state index contributed by atoms with van der Waals surface area (Å²) < 4.78 is 6.15. The molecule has 3 saturated carbocycles. The summed E-state index contributed by atoms with van der Waals surface area (Å²) in [7, 11) is 0. The maximum absolute atomic E-state index is 11.0. The number of hydrogen-bond acceptors (Lipinski definition) is 2. The zero-order chi connectivity index (χ0) is 15.4. The number of fused-ring (bicyclic) bond motifs is 3. The van der Waals surface area contributed by atoms with E-state index in [2.05, 4.69) is 32.9 Å². The molecule has 122 valence electrons. The van der Waals surface area contributed by atoms with Gasteiger partial charge in [0.2, 0.25) is 0 Å². The first-order chi connectivity index (χ1) is 10.3. The summed E-state index contributed by atoms with van der Waals surface area (Å²) in [6, 6.07) is 0. The van der Waals surface area contributed by atoms with Gasteiger partial charge in [-0.3, -0.25) is 0 Å². The molecule has 0 aromatic rings. The Morgan fingerprint density at radius 3 is 2.45 bits per heavy atom. The molecule has 0 radical (unpaired) electrons. The van der Waals surface area contributed by atoms with Crippen molar-refractivity contribution < 1.29 is 9.84 Å². The van der Waals surface area contributed by atoms with Crippen molar-refractivity contribution in [2.45, 2.75) is 71.5 Å². The zero-order valence-electron chi connectivity index (χ0n) is 14.3. The Kier molecular flexibility index (Phi) is 2.34. The third-order valence-corrected chi connectivity index (χ3v) is 8.92. The van der Waals surface area contributed by atoms with Gasteiger partial charge in [-0.25, -0.2) is 0 Å². The summed E-state index contributed by atoms with van der Waals surface area (Å²) in [4.78, 5) is 0. The first-order valence-electron chi connectivity index (χ1n) is 9.32. The first kappa shape index (κ1) is 14.0. The van der Waals surface area contributed by atoms with Crippen LogP contribution in [0.1, 0.15) is 65.7 Å². The second kappa shape index (κ2) is 3.67. The van der Waals surface area contributed by atoms with Crippen LogP contribution in [-0.4, -0.2) is 17.5 Å². The predicted octanol–water partition coefficient (Wildman–Crippen LogP) is 4.28. The summed E-state index contributed by atoms with van der Waals surface area (Å²) in [5.74, 6) is 0.523. The van der Waals surface area contributed by atoms with E-state index in [1.807, 2.05) is 0 Å². The zero-order valence-corrected chi connectivity index (χ0v) is 14.3. The standard InChI is InChI=1S/C20H30O2/c1-16(2)14-5-7-18-9-8-17(3,12-18)6-4-15(18)19(14)10-11-20(16,21)22-13-19/h8-9,14-15,21H,4-7,10-13H2,1-3H3. The van der Waals surface area contributed by atoms with Gasteiger partial charge in [0.05, 0.1) is 6.61 Å². The lowest BCUT2D eigenvalue weighted by Gasteiger charge is -2.71. The minimum absolute atomic E-state index is 0.103. The second-order valence-electron chi connectivity index (χ2n) is 10.1. The highest BCUT2D eigenvalue weighted by Gasteiger charge is 2.72. The molecule has 6 aliphatic rings. The Balaban J connectivity index is 1.62. The quantitative estimate of drug-likeness (QED) is 0.677. The van der Waals surface area contributed by atoms with Crippen molar-refractivity contribution in [2.24, 2.45) is 33.5 Å². The molecule has 5 fully saturated rings. The van der Waals surface area contributed by atoms with E-state index in [4.69, 9.17) is 4.74 Å². The van der Waals surface area contributed by atoms with Crippen molar-refractivity contribution in [2.75, 3.05) is 6.61 Å². The fourth-order valence-corrected chi connectivity index (χ4v) is 7.77. The summed E-state index contributed by atoms with van der Waals surface area (Å²) >= 11 is 0. The maximum atomic E-state index is 11.0. The molecule has 2 spiro atoms. The molecule has 6 atom stereocenters. The summed E-state index contributed by atoms with van der Waals surface area (Å²) in [6.07, 6.45) is 13.8. The van der Waals surface area contributed by atoms with Crippen LogP contribution in [0.25, 0.3) is 0 Å². The molecule has 2 heteroatoms. The lowest BCUT2D eigenvalue weighted by Crippen LogP contribution is -2.71. The Morgan fingerprint density at radius 2 is 1.73 bits per heavy atom. The lowest BCUT2D eigenvalue weighted by atomic mass is 9.38. The van der Waals surface area contributed by atoms with Crippen molar-refractivity contribution in [3.05, 3.63) is 12.2 Å². The molecule has 22 heavy (non-hydrogen) atoms. The average molecular weight is 302 g/mol. The molecule has 0 amide bonds. The lowest BCUT2D eigenvalue weighted by molar-refractivity contribution is -0.392. The normalized spacial score (nSPS) is 60.9. The summed E-state index contributed by atoms with van der Waals surface area (Å²) in [5, 5.41) is 11.0. The van der Waals surface area contributed by atoms with Gasteiger partial charge in [-0.15, -0.1) is 0 Å². The molecule has 4 bridgehead atoms. The van der Waals surface area contributed by atoms with Crippen LogP contribution in [0.3, 0.4) is 0 Å². The van der Waals surface area contributed by atoms with Gasteiger partial charge in [0.25, 0.3) is 0 Å². The van der Waals surface area contributed by atoms with Gasteiger partial charge in [-0.05, 0) is 61.2 Å². The van der Waals surface area contributed by atoms with Crippen molar-refractivity contribution in [3.8, 4) is 0 Å². The van der Waals surface area contributed by atoms with Gasteiger partial charge in [-0.1, -0.05) is 32.9 Å². The molecule has 1 N–H and O–H groups in total. The van der Waals surface area contributed by atoms with Gasteiger partial charge < -0.3 is 9.84 Å². The van der Waals surface area contributed by atoms with Crippen LogP contribution in [0.2, 0.25) is 0 Å². The van der Waals surface area contributed by atoms with E-state index in [9.17, 15) is 5.11 Å². The summed E-state index contributed by atoms with van der Waals surface area (Å²) in [6.45, 7) is 7.79. The molecule has 2 aliphatic heterocycles. The maximum Gasteiger partial charge on any atom is 0.170 e. The molecule has 6 rings (SSSR count). The molecule has 2 heterocycles. The van der Waals surface area contributed by atoms with E-state index >= 15 is 0 Å². The molecule has 2 saturated heterocycles. The molecule has 0 aromatic heterocycles. The third kappa shape index (κ3) is 1.33. The Morgan fingerprint density at radius 1 is 0.955 bits per heavy atom. The molecular weight excluding hydrogens is 272 g/mol. The first-order valence-corrected chi connectivity index (χ1v) is 9.32. The van der Waals surface area contributed by atoms with Crippen molar-refractivity contribution >= 4 is 0 Å². The average Bonchev–Trinajstić information content (AvgIpc) is 2.71. The van der Waals surface area contributed by atoms with E-state index in [1.165, 1.54) is 38.5 Å². The van der Waals surface area contributed by atoms with E-state index in [0.29, 0.717) is 22.2 Å². The van der Waals surface area contributed by atoms with Crippen LogP contribution in [0.4, 0.5) is 0 Å². The van der Waals surface area contributed by atoms with E-state index in [1.54, 1.807) is 0 Å². The van der Waals surface area contributed by atoms with Gasteiger partial charge in [0.15, 0.2) is 5.79 Å². The van der Waals surface area contributed by atoms with Crippen LogP contribution in [-0.2, 0) is 4.74 Å². The van der Waals surface area contributed by atoms with Gasteiger partial charge in [-0.2, -0.15) is 0 Å². The van der Waals surface area contributed by atoms with Crippen LogP contribution in [0, 0.1) is 33.5 Å². The molecule has 4 aliphatic carbocycles. The number of aliphatic hydroxyl groups is 1.